The third kappa shape index (κ3) is 4.07. The number of nitrogens with one attached hydrogen (secondary N) is 2. The van der Waals surface area contributed by atoms with Crippen molar-refractivity contribution < 1.29 is 4.79 Å². The fourth-order valence-electron chi connectivity index (χ4n) is 1.31. The fraction of sp³-hybridized carbons (Fsp3) is 0.462. The van der Waals surface area contributed by atoms with Crippen LogP contribution in [0.4, 0.5) is 5.69 Å². The summed E-state index contributed by atoms with van der Waals surface area (Å²) >= 11 is 0. The Labute approximate surface area is 103 Å². The molecule has 4 nitrogen and oxygen atoms in total. The van der Waals surface area contributed by atoms with Crippen LogP contribution in [0.1, 0.15) is 31.1 Å². The molecule has 1 amide bonds. The molecular formula is C13H21N3O. The molecule has 1 atom stereocenters. The van der Waals surface area contributed by atoms with Gasteiger partial charge in [-0.1, -0.05) is 20.8 Å². The molecule has 0 bridgehead atoms. The Morgan fingerprint density at radius 3 is 2.29 bits per heavy atom. The molecule has 0 fully saturated rings. The van der Waals surface area contributed by atoms with E-state index in [4.69, 9.17) is 5.84 Å². The molecule has 4 N–H and O–H groups in total. The van der Waals surface area contributed by atoms with Gasteiger partial charge < -0.3 is 10.7 Å². The van der Waals surface area contributed by atoms with Crippen LogP contribution in [-0.2, 0) is 0 Å². The van der Waals surface area contributed by atoms with Gasteiger partial charge in [0.05, 0.1) is 0 Å². The molecule has 1 aromatic rings. The van der Waals surface area contributed by atoms with Gasteiger partial charge in [0.15, 0.2) is 0 Å². The summed E-state index contributed by atoms with van der Waals surface area (Å²) in [6.45, 7) is 7.14. The van der Waals surface area contributed by atoms with Gasteiger partial charge >= 0.3 is 0 Å². The zero-order valence-corrected chi connectivity index (χ0v) is 10.7. The molecule has 0 aromatic heterocycles. The molecule has 0 saturated carbocycles. The van der Waals surface area contributed by atoms with Crippen LogP contribution < -0.4 is 16.6 Å². The van der Waals surface area contributed by atoms with E-state index in [0.29, 0.717) is 23.9 Å². The van der Waals surface area contributed by atoms with Crippen LogP contribution >= 0.6 is 0 Å². The highest BCUT2D eigenvalue weighted by molar-refractivity contribution is 5.94. The highest BCUT2D eigenvalue weighted by Gasteiger charge is 2.10. The number of benzene rings is 1. The smallest absolute Gasteiger partial charge is 0.251 e. The van der Waals surface area contributed by atoms with Crippen LogP contribution in [-0.4, -0.2) is 12.5 Å². The van der Waals surface area contributed by atoms with Crippen molar-refractivity contribution in [2.45, 2.75) is 20.8 Å². The van der Waals surface area contributed by atoms with Crippen molar-refractivity contribution >= 4 is 11.6 Å². The number of carbonyl (C=O) groups is 1. The maximum atomic E-state index is 11.8. The Morgan fingerprint density at radius 1 is 1.24 bits per heavy atom. The summed E-state index contributed by atoms with van der Waals surface area (Å²) in [4.78, 5) is 11.8. The highest BCUT2D eigenvalue weighted by Crippen LogP contribution is 2.10. The Hall–Kier alpha value is -1.55. The van der Waals surface area contributed by atoms with Crippen LogP contribution in [0.25, 0.3) is 0 Å². The first-order valence-corrected chi connectivity index (χ1v) is 5.89. The van der Waals surface area contributed by atoms with Gasteiger partial charge in [-0.2, -0.15) is 0 Å². The van der Waals surface area contributed by atoms with Crippen molar-refractivity contribution in [1.29, 1.82) is 0 Å². The summed E-state index contributed by atoms with van der Waals surface area (Å²) in [5, 5.41) is 2.93. The zero-order chi connectivity index (χ0) is 12.8. The number of hydrogen-bond acceptors (Lipinski definition) is 3. The molecule has 4 heteroatoms. The van der Waals surface area contributed by atoms with E-state index in [0.717, 1.165) is 5.69 Å². The largest absolute Gasteiger partial charge is 0.352 e. The van der Waals surface area contributed by atoms with Crippen LogP contribution in [0.15, 0.2) is 24.3 Å². The van der Waals surface area contributed by atoms with Crippen molar-refractivity contribution in [3.8, 4) is 0 Å². The number of nitrogens with two attached hydrogens (primary N) is 1. The van der Waals surface area contributed by atoms with Crippen molar-refractivity contribution in [3.05, 3.63) is 29.8 Å². The van der Waals surface area contributed by atoms with Crippen LogP contribution in [0.3, 0.4) is 0 Å². The molecule has 0 aliphatic carbocycles. The lowest BCUT2D eigenvalue weighted by molar-refractivity contribution is 0.0945. The lowest BCUT2D eigenvalue weighted by Gasteiger charge is -2.16. The summed E-state index contributed by atoms with van der Waals surface area (Å²) in [5.41, 5.74) is 3.97. The fourth-order valence-corrected chi connectivity index (χ4v) is 1.31. The molecule has 0 aliphatic heterocycles. The van der Waals surface area contributed by atoms with Crippen LogP contribution in [0, 0.1) is 11.8 Å². The number of hydrogen-bond donors (Lipinski definition) is 3. The minimum Gasteiger partial charge on any atom is -0.352 e. The monoisotopic (exact) mass is 235 g/mol. The van der Waals surface area contributed by atoms with Crippen molar-refractivity contribution in [2.75, 3.05) is 12.0 Å². The van der Waals surface area contributed by atoms with Crippen molar-refractivity contribution in [1.82, 2.24) is 5.32 Å². The van der Waals surface area contributed by atoms with Gasteiger partial charge in [-0.15, -0.1) is 0 Å². The number of rotatable bonds is 5. The molecule has 0 radical (unpaired) electrons. The van der Waals surface area contributed by atoms with E-state index in [-0.39, 0.29) is 5.91 Å². The van der Waals surface area contributed by atoms with E-state index in [2.05, 4.69) is 31.5 Å². The third-order valence-corrected chi connectivity index (χ3v) is 3.04. The number of anilines is 1. The van der Waals surface area contributed by atoms with Crippen molar-refractivity contribution in [2.24, 2.45) is 17.7 Å². The molecule has 0 aliphatic rings. The van der Waals surface area contributed by atoms with Gasteiger partial charge in [0.2, 0.25) is 0 Å². The molecule has 1 aromatic carbocycles. The van der Waals surface area contributed by atoms with E-state index < -0.39 is 0 Å². The maximum absolute atomic E-state index is 11.8. The average Bonchev–Trinajstić information content (AvgIpc) is 2.35. The molecule has 1 unspecified atom stereocenters. The molecular weight excluding hydrogens is 214 g/mol. The topological polar surface area (TPSA) is 67.2 Å². The Balaban J connectivity index is 2.52. The maximum Gasteiger partial charge on any atom is 0.251 e. The van der Waals surface area contributed by atoms with Gasteiger partial charge in [0, 0.05) is 17.8 Å². The second-order valence-electron chi connectivity index (χ2n) is 4.65. The molecule has 0 spiro atoms. The zero-order valence-electron chi connectivity index (χ0n) is 10.7. The minimum atomic E-state index is -0.0407. The molecule has 17 heavy (non-hydrogen) atoms. The van der Waals surface area contributed by atoms with Crippen LogP contribution in [0.2, 0.25) is 0 Å². The average molecular weight is 235 g/mol. The first-order chi connectivity index (χ1) is 8.04. The second-order valence-corrected chi connectivity index (χ2v) is 4.65. The van der Waals surface area contributed by atoms with Gasteiger partial charge in [-0.3, -0.25) is 10.6 Å². The molecule has 94 valence electrons. The van der Waals surface area contributed by atoms with Gasteiger partial charge in [-0.05, 0) is 36.1 Å². The lowest BCUT2D eigenvalue weighted by Crippen LogP contribution is -2.30. The Kier molecular flexibility index (Phi) is 4.97. The number of carbonyl (C=O) groups excluding carboxylic acids is 1. The molecule has 1 rings (SSSR count). The van der Waals surface area contributed by atoms with E-state index in [1.165, 1.54) is 0 Å². The van der Waals surface area contributed by atoms with E-state index in [9.17, 15) is 4.79 Å². The minimum absolute atomic E-state index is 0.0407. The van der Waals surface area contributed by atoms with Gasteiger partial charge in [0.25, 0.3) is 5.91 Å². The summed E-state index contributed by atoms with van der Waals surface area (Å²) < 4.78 is 0. The van der Waals surface area contributed by atoms with E-state index in [1.807, 2.05) is 0 Å². The molecule has 0 saturated heterocycles. The summed E-state index contributed by atoms with van der Waals surface area (Å²) in [5.74, 6) is 6.26. The highest BCUT2D eigenvalue weighted by atomic mass is 16.1. The quantitative estimate of drug-likeness (QED) is 0.540. The Bertz CT molecular complexity index is 359. The predicted molar refractivity (Wildman–Crippen MR) is 70.6 cm³/mol. The first-order valence-electron chi connectivity index (χ1n) is 5.89. The van der Waals surface area contributed by atoms with Crippen LogP contribution in [0.5, 0.6) is 0 Å². The lowest BCUT2D eigenvalue weighted by atomic mass is 9.98. The summed E-state index contributed by atoms with van der Waals surface area (Å²) in [6, 6.07) is 7.07. The SMILES string of the molecule is CC(C)C(C)CNC(=O)c1ccc(NN)cc1. The molecule has 0 heterocycles. The van der Waals surface area contributed by atoms with E-state index in [1.54, 1.807) is 24.3 Å². The van der Waals surface area contributed by atoms with Gasteiger partial charge in [-0.25, -0.2) is 0 Å². The predicted octanol–water partition coefficient (Wildman–Crippen LogP) is 1.99. The third-order valence-electron chi connectivity index (χ3n) is 3.04. The normalized spacial score (nSPS) is 12.3. The second kappa shape index (κ2) is 6.25. The van der Waals surface area contributed by atoms with Crippen molar-refractivity contribution in [3.63, 3.8) is 0 Å². The first kappa shape index (κ1) is 13.5. The summed E-state index contributed by atoms with van der Waals surface area (Å²) in [6.07, 6.45) is 0. The number of nitrogen functional groups attached to an aromatic ring is 1. The Morgan fingerprint density at radius 2 is 1.82 bits per heavy atom. The summed E-state index contributed by atoms with van der Waals surface area (Å²) in [7, 11) is 0. The van der Waals surface area contributed by atoms with Gasteiger partial charge in [0.1, 0.15) is 0 Å². The standard InChI is InChI=1S/C13H21N3O/c1-9(2)10(3)8-15-13(17)11-4-6-12(16-14)7-5-11/h4-7,9-10,16H,8,14H2,1-3H3,(H,15,17). The number of amides is 1. The van der Waals surface area contributed by atoms with E-state index >= 15 is 0 Å². The number of hydrazine groups is 1.